The number of carbonyl (C=O) groups excluding carboxylic acids is 8. The number of nitrogens with zero attached hydrogens (tertiary/aromatic N) is 4. The van der Waals surface area contributed by atoms with Crippen LogP contribution in [-0.2, 0) is 38.4 Å². The lowest BCUT2D eigenvalue weighted by Crippen LogP contribution is -2.62. The second-order valence-corrected chi connectivity index (χ2v) is 23.8. The van der Waals surface area contributed by atoms with E-state index in [2.05, 4.69) is 56.2 Å². The Labute approximate surface area is 474 Å². The van der Waals surface area contributed by atoms with Gasteiger partial charge in [0.05, 0.1) is 12.1 Å². The molecule has 80 heavy (non-hydrogen) atoms. The molecule has 4 saturated heterocycles. The van der Waals surface area contributed by atoms with E-state index in [0.29, 0.717) is 77.3 Å². The Kier molecular flexibility index (Phi) is 22.0. The van der Waals surface area contributed by atoms with Crippen LogP contribution in [0.15, 0.2) is 60.7 Å². The van der Waals surface area contributed by atoms with Crippen molar-refractivity contribution in [1.29, 1.82) is 0 Å². The minimum absolute atomic E-state index is 0.0262. The molecule has 6 N–H and O–H groups in total. The normalized spacial score (nSPS) is 28.0. The molecule has 0 aromatic heterocycles. The van der Waals surface area contributed by atoms with Crippen molar-refractivity contribution in [3.63, 3.8) is 0 Å². The van der Waals surface area contributed by atoms with Gasteiger partial charge in [-0.3, -0.25) is 38.4 Å². The average Bonchev–Trinajstić information content (AvgIpc) is 4.20. The second-order valence-electron chi connectivity index (χ2n) is 23.8. The first-order chi connectivity index (χ1) is 38.8. The standard InChI is InChI=1S/C62H92N10O8/c1-41(63-3)57(75)67-51-39-69(37-35-45-31-33-53(71(45)61(51)79)59(77)65-49-27-19-17-25-47(49)43-21-11-9-12-22-43)55(73)29-15-7-5-6-8-16-30-56(74)70-38-36-46-32-34-54(72(46)62(80)52(40-70)68-58(76)42(2)64-4)60(78)66-50-28-20-18-26-48(50)44-23-13-10-14-24-44/h9-14,21-24,41-42,45-54,63-64H,5-8,15-20,25-40H2,1-4H3,(H,65,77)(H,66,78)(H,67,75)(H,68,76)/t41-,42-,45+,46+,47+,48+,49-,50-,51-,52-,53-,54?/m0/s1. The lowest BCUT2D eigenvalue weighted by molar-refractivity contribution is -0.147. The van der Waals surface area contributed by atoms with Crippen molar-refractivity contribution in [2.75, 3.05) is 40.3 Å². The van der Waals surface area contributed by atoms with Gasteiger partial charge in [0.1, 0.15) is 24.2 Å². The fourth-order valence-corrected chi connectivity index (χ4v) is 13.7. The number of hydrogen-bond acceptors (Lipinski definition) is 10. The highest BCUT2D eigenvalue weighted by Gasteiger charge is 2.48. The highest BCUT2D eigenvalue weighted by atomic mass is 16.2. The Morgan fingerprint density at radius 3 is 1.24 bits per heavy atom. The van der Waals surface area contributed by atoms with Crippen LogP contribution in [0.3, 0.4) is 0 Å². The SMILES string of the molecule is CN[C@@H](C)C(=O)N[C@H]1CN(C(=O)CCCCCCCCC(=O)N2CC[C@H]3CC[C@@H](C(=O)N[C@H]4CCCC[C@@H]4c4ccccc4)N3C(=O)[C@@H](NC(=O)[C@H](C)NC)C2)CC[C@H]2CCC(C(=O)N[C@H]3CCCC[C@@H]3c3ccccc3)N2C1=O. The summed E-state index contributed by atoms with van der Waals surface area (Å²) in [4.78, 5) is 119. The minimum atomic E-state index is -0.998. The van der Waals surface area contributed by atoms with Gasteiger partial charge in [0.25, 0.3) is 0 Å². The van der Waals surface area contributed by atoms with Crippen LogP contribution < -0.4 is 31.9 Å². The minimum Gasteiger partial charge on any atom is -0.351 e. The Morgan fingerprint density at radius 2 is 0.850 bits per heavy atom. The van der Waals surface area contributed by atoms with Crippen LogP contribution in [0.5, 0.6) is 0 Å². The van der Waals surface area contributed by atoms with Gasteiger partial charge in [0, 0.05) is 75.0 Å². The summed E-state index contributed by atoms with van der Waals surface area (Å²) in [5, 5.41) is 18.5. The van der Waals surface area contributed by atoms with Crippen molar-refractivity contribution in [2.45, 2.75) is 227 Å². The maximum absolute atomic E-state index is 14.6. The lowest BCUT2D eigenvalue weighted by atomic mass is 9.80. The molecule has 0 radical (unpaired) electrons. The molecular weight excluding hydrogens is 1010 g/mol. The van der Waals surface area contributed by atoms with Gasteiger partial charge in [-0.1, -0.05) is 112 Å². The molecule has 4 heterocycles. The number of amides is 8. The van der Waals surface area contributed by atoms with E-state index in [1.807, 2.05) is 36.4 Å². The van der Waals surface area contributed by atoms with Crippen molar-refractivity contribution in [3.05, 3.63) is 71.8 Å². The van der Waals surface area contributed by atoms with Gasteiger partial charge >= 0.3 is 0 Å². The summed E-state index contributed by atoms with van der Waals surface area (Å²) in [6, 6.07) is 15.7. The molecule has 438 valence electrons. The van der Waals surface area contributed by atoms with E-state index in [1.165, 1.54) is 11.1 Å². The average molecular weight is 1110 g/mol. The van der Waals surface area contributed by atoms with Crippen molar-refractivity contribution in [3.8, 4) is 0 Å². The highest BCUT2D eigenvalue weighted by molar-refractivity contribution is 5.96. The molecule has 8 amide bonds. The van der Waals surface area contributed by atoms with Gasteiger partial charge in [-0.2, -0.15) is 0 Å². The summed E-state index contributed by atoms with van der Waals surface area (Å²) in [5.74, 6) is -1.35. The molecule has 18 nitrogen and oxygen atoms in total. The van der Waals surface area contributed by atoms with Crippen LogP contribution in [-0.4, -0.2) is 168 Å². The zero-order chi connectivity index (χ0) is 56.7. The van der Waals surface area contributed by atoms with Gasteiger partial charge in [0.15, 0.2) is 0 Å². The third kappa shape index (κ3) is 15.2. The summed E-state index contributed by atoms with van der Waals surface area (Å²) in [6.07, 6.45) is 16.8. The molecule has 6 fully saturated rings. The van der Waals surface area contributed by atoms with Crippen molar-refractivity contribution in [2.24, 2.45) is 0 Å². The molecule has 2 saturated carbocycles. The molecule has 0 spiro atoms. The molecule has 18 heteroatoms. The molecule has 4 aliphatic heterocycles. The first kappa shape index (κ1) is 60.2. The maximum Gasteiger partial charge on any atom is 0.247 e. The van der Waals surface area contributed by atoms with Crippen molar-refractivity contribution >= 4 is 47.3 Å². The number of rotatable bonds is 21. The number of nitrogens with one attached hydrogen (secondary N) is 6. The van der Waals surface area contributed by atoms with Crippen LogP contribution >= 0.6 is 0 Å². The van der Waals surface area contributed by atoms with Crippen LogP contribution in [0.4, 0.5) is 0 Å². The molecule has 8 rings (SSSR count). The Hall–Kier alpha value is -5.88. The van der Waals surface area contributed by atoms with Crippen molar-refractivity contribution < 1.29 is 38.4 Å². The quantitative estimate of drug-likeness (QED) is 0.0902. The number of fused-ring (bicyclic) bond motifs is 2. The van der Waals surface area contributed by atoms with E-state index in [-0.39, 0.29) is 96.4 Å². The Bertz CT molecular complexity index is 2260. The largest absolute Gasteiger partial charge is 0.351 e. The Morgan fingerprint density at radius 1 is 0.475 bits per heavy atom. The zero-order valence-electron chi connectivity index (χ0n) is 48.1. The molecule has 2 aromatic rings. The molecule has 0 bridgehead atoms. The molecule has 6 aliphatic rings. The fraction of sp³-hybridized carbons (Fsp3) is 0.677. The molecule has 2 aromatic carbocycles. The highest BCUT2D eigenvalue weighted by Crippen LogP contribution is 2.37. The van der Waals surface area contributed by atoms with Gasteiger partial charge < -0.3 is 51.5 Å². The topological polar surface area (TPSA) is 222 Å². The van der Waals surface area contributed by atoms with E-state index in [9.17, 15) is 38.4 Å². The van der Waals surface area contributed by atoms with E-state index in [0.717, 1.165) is 77.0 Å². The third-order valence-corrected chi connectivity index (χ3v) is 18.7. The number of carbonyl (C=O) groups is 8. The summed E-state index contributed by atoms with van der Waals surface area (Å²) in [6.45, 7) is 4.34. The second kappa shape index (κ2) is 29.2. The predicted octanol–water partition coefficient (Wildman–Crippen LogP) is 5.16. The van der Waals surface area contributed by atoms with E-state index >= 15 is 0 Å². The Balaban J connectivity index is 0.798. The number of hydrogen-bond donors (Lipinski definition) is 6. The van der Waals surface area contributed by atoms with Gasteiger partial charge in [0.2, 0.25) is 47.3 Å². The third-order valence-electron chi connectivity index (χ3n) is 18.7. The summed E-state index contributed by atoms with van der Waals surface area (Å²) in [7, 11) is 3.36. The van der Waals surface area contributed by atoms with Gasteiger partial charge in [-0.05, 0) is 116 Å². The summed E-state index contributed by atoms with van der Waals surface area (Å²) < 4.78 is 0. The van der Waals surface area contributed by atoms with Gasteiger partial charge in [-0.25, -0.2) is 0 Å². The molecular formula is C62H92N10O8. The molecule has 2 aliphatic carbocycles. The van der Waals surface area contributed by atoms with Crippen molar-refractivity contribution in [1.82, 2.24) is 51.5 Å². The first-order valence-electron chi connectivity index (χ1n) is 30.6. The maximum atomic E-state index is 14.6. The zero-order valence-corrected chi connectivity index (χ0v) is 48.1. The monoisotopic (exact) mass is 1100 g/mol. The van der Waals surface area contributed by atoms with Crippen LogP contribution in [0.2, 0.25) is 0 Å². The molecule has 12 atom stereocenters. The van der Waals surface area contributed by atoms with E-state index in [1.54, 1.807) is 47.5 Å². The van der Waals surface area contributed by atoms with Gasteiger partial charge in [-0.15, -0.1) is 0 Å². The van der Waals surface area contributed by atoms with Crippen LogP contribution in [0, 0.1) is 0 Å². The first-order valence-corrected chi connectivity index (χ1v) is 30.6. The molecule has 1 unspecified atom stereocenters. The smallest absolute Gasteiger partial charge is 0.247 e. The van der Waals surface area contributed by atoms with E-state index < -0.39 is 36.3 Å². The number of benzene rings is 2. The number of likely N-dealkylation sites (N-methyl/N-ethyl adjacent to an activating group) is 2. The predicted molar refractivity (Wildman–Crippen MR) is 307 cm³/mol. The number of unbranched alkanes of at least 4 members (excludes halogenated alkanes) is 5. The summed E-state index contributed by atoms with van der Waals surface area (Å²) in [5.41, 5.74) is 2.43. The lowest BCUT2D eigenvalue weighted by Gasteiger charge is -2.40. The van der Waals surface area contributed by atoms with E-state index in [4.69, 9.17) is 0 Å². The fourth-order valence-electron chi connectivity index (χ4n) is 13.7. The van der Waals surface area contributed by atoms with Crippen LogP contribution in [0.25, 0.3) is 0 Å². The summed E-state index contributed by atoms with van der Waals surface area (Å²) >= 11 is 0. The van der Waals surface area contributed by atoms with Crippen LogP contribution in [0.1, 0.15) is 178 Å².